The maximum Gasteiger partial charge on any atom is 0.130 e. The Labute approximate surface area is 223 Å². The molecule has 36 heavy (non-hydrogen) atoms. The lowest BCUT2D eigenvalue weighted by Gasteiger charge is -2.39. The van der Waals surface area contributed by atoms with Crippen molar-refractivity contribution in [2.75, 3.05) is 0 Å². The van der Waals surface area contributed by atoms with Gasteiger partial charge in [-0.15, -0.1) is 0 Å². The maximum absolute atomic E-state index is 12.9. The van der Waals surface area contributed by atoms with Crippen LogP contribution in [0.3, 0.4) is 0 Å². The van der Waals surface area contributed by atoms with Crippen molar-refractivity contribution in [3.63, 3.8) is 0 Å². The highest BCUT2D eigenvalue weighted by Gasteiger charge is 2.41. The molecule has 0 amide bonds. The van der Waals surface area contributed by atoms with Crippen LogP contribution in [0, 0.1) is 5.92 Å². The lowest BCUT2D eigenvalue weighted by atomic mass is 9.70. The van der Waals surface area contributed by atoms with Crippen molar-refractivity contribution in [3.8, 4) is 0 Å². The topological polar surface area (TPSA) is 46.2 Å². The summed E-state index contributed by atoms with van der Waals surface area (Å²) in [5, 5.41) is 12.9. The fourth-order valence-corrected chi connectivity index (χ4v) is 4.70. The average Bonchev–Trinajstić information content (AvgIpc) is 2.69. The summed E-state index contributed by atoms with van der Waals surface area (Å²) in [7, 11) is 0. The molecule has 2 rings (SSSR count). The van der Waals surface area contributed by atoms with Gasteiger partial charge in [-0.05, 0) is 67.4 Å². The minimum absolute atomic E-state index is 0.0527. The van der Waals surface area contributed by atoms with Gasteiger partial charge in [-0.3, -0.25) is 0 Å². The minimum Gasteiger partial charge on any atom is -0.379 e. The van der Waals surface area contributed by atoms with Gasteiger partial charge in [0.15, 0.2) is 0 Å². The van der Waals surface area contributed by atoms with Crippen LogP contribution >= 0.6 is 0 Å². The summed E-state index contributed by atoms with van der Waals surface area (Å²) in [6, 6.07) is 13.0. The van der Waals surface area contributed by atoms with Gasteiger partial charge in [-0.1, -0.05) is 133 Å². The van der Waals surface area contributed by atoms with Gasteiger partial charge in [-0.25, -0.2) is 0 Å². The lowest BCUT2D eigenvalue weighted by molar-refractivity contribution is 0.0437. The van der Waals surface area contributed by atoms with Crippen LogP contribution in [0.25, 0.3) is 0 Å². The standard InChI is InChI=1S/C34H55NO/c1-22(2)15-29(35)34(36,27-18-23(30(3,4)5)16-24(19-27)31(6,7)8)28-20-25(32(9,10)11)17-26(21-28)33(12,13)14/h16-22,29,36H,15,35H2,1-14H3/t29-/m0/s1. The Kier molecular flexibility index (Phi) is 8.42. The van der Waals surface area contributed by atoms with Crippen LogP contribution in [0.2, 0.25) is 0 Å². The van der Waals surface area contributed by atoms with Gasteiger partial charge < -0.3 is 10.8 Å². The van der Waals surface area contributed by atoms with Gasteiger partial charge in [-0.2, -0.15) is 0 Å². The molecule has 2 heteroatoms. The predicted molar refractivity (Wildman–Crippen MR) is 158 cm³/mol. The van der Waals surface area contributed by atoms with E-state index in [1.165, 1.54) is 22.3 Å². The first-order valence-electron chi connectivity index (χ1n) is 13.8. The van der Waals surface area contributed by atoms with E-state index in [1.54, 1.807) is 0 Å². The van der Waals surface area contributed by atoms with Gasteiger partial charge in [0.05, 0.1) is 0 Å². The van der Waals surface area contributed by atoms with E-state index in [-0.39, 0.29) is 21.7 Å². The van der Waals surface area contributed by atoms with Crippen molar-refractivity contribution >= 4 is 0 Å². The van der Waals surface area contributed by atoms with Gasteiger partial charge in [0, 0.05) is 6.04 Å². The molecule has 1 atom stereocenters. The maximum atomic E-state index is 12.9. The van der Waals surface area contributed by atoms with Crippen LogP contribution in [0.1, 0.15) is 137 Å². The molecular formula is C34H55NO. The molecule has 0 aliphatic carbocycles. The van der Waals surface area contributed by atoms with Crippen LogP contribution in [-0.2, 0) is 27.3 Å². The molecule has 0 radical (unpaired) electrons. The zero-order valence-corrected chi connectivity index (χ0v) is 25.9. The molecule has 202 valence electrons. The number of rotatable bonds is 5. The highest BCUT2D eigenvalue weighted by atomic mass is 16.3. The SMILES string of the molecule is CC(C)C[C@H](N)C(O)(c1cc(C(C)(C)C)cc(C(C)(C)C)c1)c1cc(C(C)(C)C)cc(C(C)(C)C)c1. The molecule has 2 aromatic carbocycles. The summed E-state index contributed by atoms with van der Waals surface area (Å²) in [5.74, 6) is 0.368. The molecule has 2 nitrogen and oxygen atoms in total. The molecule has 0 heterocycles. The molecule has 0 aliphatic rings. The van der Waals surface area contributed by atoms with E-state index in [1.807, 2.05) is 0 Å². The van der Waals surface area contributed by atoms with Crippen molar-refractivity contribution in [1.29, 1.82) is 0 Å². The third kappa shape index (κ3) is 6.81. The van der Waals surface area contributed by atoms with E-state index < -0.39 is 11.6 Å². The van der Waals surface area contributed by atoms with Gasteiger partial charge in [0.2, 0.25) is 0 Å². The number of hydrogen-bond donors (Lipinski definition) is 2. The monoisotopic (exact) mass is 493 g/mol. The summed E-state index contributed by atoms with van der Waals surface area (Å²) in [6.45, 7) is 31.2. The smallest absolute Gasteiger partial charge is 0.130 e. The van der Waals surface area contributed by atoms with E-state index in [9.17, 15) is 5.11 Å². The zero-order chi connectivity index (χ0) is 28.1. The van der Waals surface area contributed by atoms with E-state index >= 15 is 0 Å². The van der Waals surface area contributed by atoms with Crippen LogP contribution in [0.5, 0.6) is 0 Å². The van der Waals surface area contributed by atoms with Crippen molar-refractivity contribution in [2.24, 2.45) is 11.7 Å². The third-order valence-electron chi connectivity index (χ3n) is 7.47. The van der Waals surface area contributed by atoms with Crippen molar-refractivity contribution in [3.05, 3.63) is 69.8 Å². The molecule has 0 unspecified atom stereocenters. The molecule has 0 saturated heterocycles. The Bertz CT molecular complexity index is 909. The molecule has 0 saturated carbocycles. The Morgan fingerprint density at radius 3 is 0.944 bits per heavy atom. The van der Waals surface area contributed by atoms with E-state index in [2.05, 4.69) is 133 Å². The number of benzene rings is 2. The minimum atomic E-state index is -1.31. The number of aliphatic hydroxyl groups is 1. The fourth-order valence-electron chi connectivity index (χ4n) is 4.70. The highest BCUT2D eigenvalue weighted by Crippen LogP contribution is 2.42. The molecule has 2 aromatic rings. The van der Waals surface area contributed by atoms with Gasteiger partial charge in [0.25, 0.3) is 0 Å². The molecule has 0 spiro atoms. The Morgan fingerprint density at radius 2 is 0.750 bits per heavy atom. The van der Waals surface area contributed by atoms with E-state index in [4.69, 9.17) is 5.73 Å². The summed E-state index contributed by atoms with van der Waals surface area (Å²) in [6.07, 6.45) is 0.728. The quantitative estimate of drug-likeness (QED) is 0.438. The Morgan fingerprint density at radius 1 is 0.528 bits per heavy atom. The molecule has 0 bridgehead atoms. The first kappa shape index (κ1) is 30.6. The zero-order valence-electron chi connectivity index (χ0n) is 25.9. The number of hydrogen-bond acceptors (Lipinski definition) is 2. The van der Waals surface area contributed by atoms with Crippen LogP contribution < -0.4 is 5.73 Å². The summed E-state index contributed by atoms with van der Waals surface area (Å²) in [4.78, 5) is 0. The predicted octanol–water partition coefficient (Wildman–Crippen LogP) is 8.49. The van der Waals surface area contributed by atoms with Crippen molar-refractivity contribution < 1.29 is 5.11 Å². The second kappa shape index (κ2) is 9.91. The summed E-state index contributed by atoms with van der Waals surface area (Å²) < 4.78 is 0. The summed E-state index contributed by atoms with van der Waals surface area (Å²) in [5.41, 5.74) is 12.2. The summed E-state index contributed by atoms with van der Waals surface area (Å²) >= 11 is 0. The van der Waals surface area contributed by atoms with E-state index in [0.29, 0.717) is 5.92 Å². The second-order valence-electron chi connectivity index (χ2n) is 15.6. The van der Waals surface area contributed by atoms with Crippen LogP contribution in [0.4, 0.5) is 0 Å². The average molecular weight is 494 g/mol. The first-order chi connectivity index (χ1) is 16.0. The Balaban J connectivity index is 3.04. The third-order valence-corrected chi connectivity index (χ3v) is 7.47. The van der Waals surface area contributed by atoms with Crippen LogP contribution in [0.15, 0.2) is 36.4 Å². The fraction of sp³-hybridized carbons (Fsp3) is 0.647. The molecule has 0 aromatic heterocycles. The van der Waals surface area contributed by atoms with E-state index in [0.717, 1.165) is 17.5 Å². The first-order valence-corrected chi connectivity index (χ1v) is 13.8. The molecule has 0 fully saturated rings. The normalized spacial score (nSPS) is 14.9. The van der Waals surface area contributed by atoms with Crippen molar-refractivity contribution in [1.82, 2.24) is 0 Å². The number of nitrogens with two attached hydrogens (primary N) is 1. The Hall–Kier alpha value is -1.64. The lowest BCUT2D eigenvalue weighted by Crippen LogP contribution is -2.47. The highest BCUT2D eigenvalue weighted by molar-refractivity contribution is 5.49. The molecule has 3 N–H and O–H groups in total. The van der Waals surface area contributed by atoms with Gasteiger partial charge in [0.1, 0.15) is 5.60 Å². The molecule has 0 aliphatic heterocycles. The molecular weight excluding hydrogens is 438 g/mol. The second-order valence-corrected chi connectivity index (χ2v) is 15.6. The van der Waals surface area contributed by atoms with Crippen molar-refractivity contribution in [2.45, 2.75) is 137 Å². The van der Waals surface area contributed by atoms with Gasteiger partial charge >= 0.3 is 0 Å². The largest absolute Gasteiger partial charge is 0.379 e. The van der Waals surface area contributed by atoms with Crippen LogP contribution in [-0.4, -0.2) is 11.1 Å².